The highest BCUT2D eigenvalue weighted by atomic mass is 35.5. The zero-order valence-electron chi connectivity index (χ0n) is 16.9. The number of H-pyrrole nitrogens is 1. The summed E-state index contributed by atoms with van der Waals surface area (Å²) in [6.45, 7) is -3.66. The normalized spacial score (nSPS) is 30.9. The Morgan fingerprint density at radius 1 is 1.31 bits per heavy atom. The molecule has 0 saturated carbocycles. The number of nitrogens with two attached hydrogens (primary N) is 1. The van der Waals surface area contributed by atoms with Crippen LogP contribution in [0.3, 0.4) is 0 Å². The van der Waals surface area contributed by atoms with Gasteiger partial charge in [0.1, 0.15) is 18.4 Å². The summed E-state index contributed by atoms with van der Waals surface area (Å²) in [5.74, 6) is 2.04. The number of hydrogen-bond donors (Lipinski definition) is 7. The van der Waals surface area contributed by atoms with Crippen molar-refractivity contribution in [3.63, 3.8) is 0 Å². The fourth-order valence-corrected chi connectivity index (χ4v) is 5.28. The molecule has 32 heavy (non-hydrogen) atoms. The second kappa shape index (κ2) is 9.55. The molecule has 2 heterocycles. The van der Waals surface area contributed by atoms with Crippen LogP contribution in [-0.2, 0) is 31.6 Å². The van der Waals surface area contributed by atoms with Gasteiger partial charge in [-0.05, 0) is 11.6 Å². The zero-order chi connectivity index (χ0) is 26.3. The minimum atomic E-state index is -6.05. The molecule has 1 aliphatic rings. The molecule has 1 aromatic rings. The highest BCUT2D eigenvalue weighted by molar-refractivity contribution is 7.66. The van der Waals surface area contributed by atoms with E-state index >= 15 is 0 Å². The van der Waals surface area contributed by atoms with E-state index in [0.717, 1.165) is 0 Å². The molecule has 3 unspecified atom stereocenters. The summed E-state index contributed by atoms with van der Waals surface area (Å²) in [5.41, 5.74) is 1.24. The standard InChI is InChI=1S/C10H14ClN4O14P3/c11-2-1-10(12)7(17)5(27-8(10)15-9(18)14-6(16)3-13-15)4-26-31(22,23)29-32(24,25)28-30(19,20)21/h3,5,7-8,17H,4,12H2,(H,22,23)(H,24,25)(H,14,16,18)(H2,19,20,21)/t5-,7+,8-,10?/m1/s1/i4D2. The van der Waals surface area contributed by atoms with E-state index in [2.05, 4.69) is 18.2 Å². The monoisotopic (exact) mass is 544 g/mol. The smallest absolute Gasteiger partial charge is 0.387 e. The van der Waals surface area contributed by atoms with Crippen LogP contribution in [0.2, 0.25) is 0 Å². The van der Waals surface area contributed by atoms with Crippen LogP contribution in [0.5, 0.6) is 0 Å². The molecule has 2 rings (SSSR count). The lowest BCUT2D eigenvalue weighted by molar-refractivity contribution is -0.0520. The molecule has 0 aromatic carbocycles. The summed E-state index contributed by atoms with van der Waals surface area (Å²) < 4.78 is 66.2. The first-order valence-electron chi connectivity index (χ1n) is 8.51. The van der Waals surface area contributed by atoms with Crippen LogP contribution in [0.1, 0.15) is 8.97 Å². The Kier molecular flexibility index (Phi) is 7.13. The van der Waals surface area contributed by atoms with Crippen molar-refractivity contribution in [3.05, 3.63) is 27.0 Å². The lowest BCUT2D eigenvalue weighted by Gasteiger charge is -2.26. The van der Waals surface area contributed by atoms with Crippen molar-refractivity contribution in [2.24, 2.45) is 5.73 Å². The summed E-state index contributed by atoms with van der Waals surface area (Å²) in [5, 5.41) is 15.7. The van der Waals surface area contributed by atoms with Gasteiger partial charge < -0.3 is 35.2 Å². The van der Waals surface area contributed by atoms with Crippen LogP contribution >= 0.6 is 35.1 Å². The minimum Gasteiger partial charge on any atom is -0.387 e. The van der Waals surface area contributed by atoms with E-state index in [-0.39, 0.29) is 0 Å². The molecule has 8 N–H and O–H groups in total. The first kappa shape index (κ1) is 23.9. The van der Waals surface area contributed by atoms with Crippen LogP contribution in [0.15, 0.2) is 15.8 Å². The van der Waals surface area contributed by atoms with E-state index in [0.29, 0.717) is 10.9 Å². The molecule has 0 radical (unpaired) electrons. The Morgan fingerprint density at radius 2 is 1.94 bits per heavy atom. The number of ether oxygens (including phenoxy) is 1. The number of rotatable bonds is 8. The van der Waals surface area contributed by atoms with Gasteiger partial charge in [-0.2, -0.15) is 18.4 Å². The summed E-state index contributed by atoms with van der Waals surface area (Å²) in [6.07, 6.45) is -6.17. The highest BCUT2D eigenvalue weighted by Gasteiger charge is 2.56. The van der Waals surface area contributed by atoms with Crippen LogP contribution < -0.4 is 17.0 Å². The molecular formula is C10H14ClN4O14P3. The Morgan fingerprint density at radius 3 is 2.47 bits per heavy atom. The Balaban J connectivity index is 2.41. The topological polar surface area (TPSA) is 283 Å². The van der Waals surface area contributed by atoms with E-state index in [4.69, 9.17) is 34.6 Å². The fourth-order valence-electron chi connectivity index (χ4n) is 2.24. The van der Waals surface area contributed by atoms with Gasteiger partial charge in [-0.1, -0.05) is 5.92 Å². The second-order valence-corrected chi connectivity index (χ2v) is 10.2. The maximum atomic E-state index is 12.1. The average Bonchev–Trinajstić information content (AvgIpc) is 2.83. The molecule has 1 fully saturated rings. The number of halogens is 1. The SMILES string of the molecule is [2H]C([2H])(OP(=O)(O)OP(=O)(O)OP(=O)(O)O)[C@H]1O[C@@H](n2ncc(=O)[nH]c2=O)C(N)(C#CCl)[C@H]1O. The van der Waals surface area contributed by atoms with Gasteiger partial charge in [-0.3, -0.25) is 14.3 Å². The maximum Gasteiger partial charge on any atom is 0.490 e. The molecule has 0 amide bonds. The van der Waals surface area contributed by atoms with Crippen molar-refractivity contribution in [2.45, 2.75) is 24.0 Å². The number of aromatic nitrogens is 3. The third kappa shape index (κ3) is 6.64. The second-order valence-electron chi connectivity index (χ2n) is 5.69. The number of phosphoric ester groups is 1. The van der Waals surface area contributed by atoms with E-state index in [9.17, 15) is 38.2 Å². The average molecular weight is 545 g/mol. The molecule has 1 saturated heterocycles. The minimum absolute atomic E-state index is 0.326. The van der Waals surface area contributed by atoms with Gasteiger partial charge in [0.05, 0.1) is 9.30 Å². The van der Waals surface area contributed by atoms with Crippen LogP contribution in [0.25, 0.3) is 0 Å². The maximum absolute atomic E-state index is 12.1. The lowest BCUT2D eigenvalue weighted by atomic mass is 9.92. The number of hydrogen-bond acceptors (Lipinski definition) is 12. The lowest BCUT2D eigenvalue weighted by Crippen LogP contribution is -2.55. The molecule has 0 bridgehead atoms. The molecule has 180 valence electrons. The van der Waals surface area contributed by atoms with Gasteiger partial charge in [-0.25, -0.2) is 18.5 Å². The van der Waals surface area contributed by atoms with Crippen molar-refractivity contribution in [1.82, 2.24) is 14.8 Å². The van der Waals surface area contributed by atoms with Gasteiger partial charge in [-0.15, -0.1) is 0 Å². The van der Waals surface area contributed by atoms with Gasteiger partial charge in [0.15, 0.2) is 11.8 Å². The van der Waals surface area contributed by atoms with Crippen molar-refractivity contribution in [2.75, 3.05) is 6.56 Å². The third-order valence-electron chi connectivity index (χ3n) is 3.38. The molecule has 6 atom stereocenters. The van der Waals surface area contributed by atoms with E-state index in [1.807, 2.05) is 5.92 Å². The van der Waals surface area contributed by atoms with Gasteiger partial charge >= 0.3 is 29.2 Å². The molecule has 0 spiro atoms. The van der Waals surface area contributed by atoms with Crippen molar-refractivity contribution in [1.29, 1.82) is 0 Å². The molecule has 0 aliphatic carbocycles. The quantitative estimate of drug-likeness (QED) is 0.131. The van der Waals surface area contributed by atoms with E-state index < -0.39 is 65.3 Å². The Hall–Kier alpha value is -1.25. The molecule has 18 nitrogen and oxygen atoms in total. The highest BCUT2D eigenvalue weighted by Crippen LogP contribution is 2.66. The van der Waals surface area contributed by atoms with Crippen molar-refractivity contribution < 1.29 is 59.0 Å². The van der Waals surface area contributed by atoms with Crippen molar-refractivity contribution >= 4 is 35.1 Å². The number of aromatic amines is 1. The van der Waals surface area contributed by atoms with E-state index in [1.54, 1.807) is 10.4 Å². The Bertz CT molecular complexity index is 1270. The Labute approximate surface area is 184 Å². The summed E-state index contributed by atoms with van der Waals surface area (Å²) in [4.78, 5) is 60.9. The third-order valence-corrected chi connectivity index (χ3v) is 7.14. The zero-order valence-corrected chi connectivity index (χ0v) is 18.4. The largest absolute Gasteiger partial charge is 0.490 e. The molecule has 1 aromatic heterocycles. The predicted octanol–water partition coefficient (Wildman–Crippen LogP) is -2.57. The molecular weight excluding hydrogens is 528 g/mol. The first-order valence-corrected chi connectivity index (χ1v) is 12.4. The summed E-state index contributed by atoms with van der Waals surface area (Å²) in [7, 11) is -17.8. The van der Waals surface area contributed by atoms with E-state index in [1.165, 1.54) is 0 Å². The van der Waals surface area contributed by atoms with Gasteiger partial charge in [0.25, 0.3) is 5.56 Å². The summed E-state index contributed by atoms with van der Waals surface area (Å²) >= 11 is 5.31. The van der Waals surface area contributed by atoms with Gasteiger partial charge in [0, 0.05) is 5.38 Å². The predicted molar refractivity (Wildman–Crippen MR) is 99.4 cm³/mol. The fraction of sp³-hybridized carbons (Fsp3) is 0.500. The number of phosphoric acid groups is 3. The van der Waals surface area contributed by atoms with Crippen LogP contribution in [0, 0.1) is 11.3 Å². The first-order chi connectivity index (χ1) is 15.2. The molecule has 22 heteroatoms. The number of nitrogens with one attached hydrogen (secondary N) is 1. The van der Waals surface area contributed by atoms with Crippen LogP contribution in [0.4, 0.5) is 0 Å². The van der Waals surface area contributed by atoms with Crippen molar-refractivity contribution in [3.8, 4) is 11.3 Å². The number of nitrogens with zero attached hydrogens (tertiary/aromatic N) is 2. The number of aliphatic hydroxyl groups is 1. The molecule has 1 aliphatic heterocycles. The van der Waals surface area contributed by atoms with Crippen LogP contribution in [-0.4, -0.2) is 63.8 Å². The number of aliphatic hydroxyl groups excluding tert-OH is 1. The summed E-state index contributed by atoms with van der Waals surface area (Å²) in [6, 6.07) is 0. The van der Waals surface area contributed by atoms with Gasteiger partial charge in [0.2, 0.25) is 0 Å².